The molecule has 0 atom stereocenters. The van der Waals surface area contributed by atoms with Crippen molar-refractivity contribution in [3.8, 4) is 0 Å². The standard InChI is InChI=1S/C14H15BrF3NOS/c1-20-8-2-7-19-11-5-3-9-10(15)4-6-12(13(9)11)21-14(16,17)18/h4,6H,2-3,5,7-8H2,1H3. The van der Waals surface area contributed by atoms with Crippen LogP contribution in [0.2, 0.25) is 0 Å². The molecule has 2 nitrogen and oxygen atoms in total. The molecule has 0 saturated carbocycles. The molecular weight excluding hydrogens is 367 g/mol. The SMILES string of the molecule is COCCCN=C1CCc2c(Br)ccc(SC(F)(F)F)c21. The number of ether oxygens (including phenoxy) is 1. The number of benzene rings is 1. The summed E-state index contributed by atoms with van der Waals surface area (Å²) in [6.45, 7) is 1.18. The highest BCUT2D eigenvalue weighted by Gasteiger charge is 2.33. The Balaban J connectivity index is 2.29. The van der Waals surface area contributed by atoms with Crippen LogP contribution in [0.3, 0.4) is 0 Å². The minimum atomic E-state index is -4.29. The van der Waals surface area contributed by atoms with Crippen LogP contribution in [0.5, 0.6) is 0 Å². The molecule has 0 N–H and O–H groups in total. The zero-order chi connectivity index (χ0) is 15.5. The molecule has 0 saturated heterocycles. The first-order valence-corrected chi connectivity index (χ1v) is 8.13. The Labute approximate surface area is 134 Å². The van der Waals surface area contributed by atoms with Gasteiger partial charge in [-0.15, -0.1) is 0 Å². The molecular formula is C14H15BrF3NOS. The van der Waals surface area contributed by atoms with E-state index in [0.29, 0.717) is 25.1 Å². The molecule has 7 heteroatoms. The molecule has 0 fully saturated rings. The van der Waals surface area contributed by atoms with Crippen LogP contribution in [0.1, 0.15) is 24.0 Å². The van der Waals surface area contributed by atoms with E-state index in [1.165, 1.54) is 6.07 Å². The number of rotatable bonds is 5. The van der Waals surface area contributed by atoms with Crippen molar-refractivity contribution in [1.29, 1.82) is 0 Å². The monoisotopic (exact) mass is 381 g/mol. The maximum atomic E-state index is 12.7. The maximum Gasteiger partial charge on any atom is 0.446 e. The van der Waals surface area contributed by atoms with Crippen LogP contribution in [-0.2, 0) is 11.2 Å². The van der Waals surface area contributed by atoms with Crippen LogP contribution in [-0.4, -0.2) is 31.5 Å². The van der Waals surface area contributed by atoms with E-state index in [4.69, 9.17) is 4.74 Å². The van der Waals surface area contributed by atoms with Gasteiger partial charge in [-0.1, -0.05) is 15.9 Å². The van der Waals surface area contributed by atoms with Crippen molar-refractivity contribution in [2.24, 2.45) is 4.99 Å². The second-order valence-electron chi connectivity index (χ2n) is 4.62. The fourth-order valence-corrected chi connectivity index (χ4v) is 3.58. The third-order valence-electron chi connectivity index (χ3n) is 3.15. The lowest BCUT2D eigenvalue weighted by atomic mass is 10.1. The zero-order valence-corrected chi connectivity index (χ0v) is 13.9. The minimum absolute atomic E-state index is 0.0641. The van der Waals surface area contributed by atoms with Gasteiger partial charge in [0.15, 0.2) is 0 Å². The minimum Gasteiger partial charge on any atom is -0.385 e. The Bertz CT molecular complexity index is 546. The number of methoxy groups -OCH3 is 1. The summed E-state index contributed by atoms with van der Waals surface area (Å²) in [6.07, 6.45) is 2.19. The van der Waals surface area contributed by atoms with Crippen molar-refractivity contribution in [3.63, 3.8) is 0 Å². The van der Waals surface area contributed by atoms with Gasteiger partial charge in [0.2, 0.25) is 0 Å². The average Bonchev–Trinajstić information content (AvgIpc) is 2.82. The second kappa shape index (κ2) is 7.15. The van der Waals surface area contributed by atoms with Crippen LogP contribution >= 0.6 is 27.7 Å². The third kappa shape index (κ3) is 4.47. The summed E-state index contributed by atoms with van der Waals surface area (Å²) in [5.41, 5.74) is -1.93. The molecule has 0 bridgehead atoms. The summed E-state index contributed by atoms with van der Waals surface area (Å²) in [6, 6.07) is 3.19. The number of hydrogen-bond acceptors (Lipinski definition) is 3. The van der Waals surface area contributed by atoms with Gasteiger partial charge in [0.05, 0.1) is 0 Å². The third-order valence-corrected chi connectivity index (χ3v) is 4.69. The lowest BCUT2D eigenvalue weighted by Gasteiger charge is -2.12. The van der Waals surface area contributed by atoms with Gasteiger partial charge in [-0.05, 0) is 48.7 Å². The van der Waals surface area contributed by atoms with E-state index in [9.17, 15) is 13.2 Å². The predicted octanol–water partition coefficient (Wildman–Crippen LogP) is 4.83. The van der Waals surface area contributed by atoms with Crippen molar-refractivity contribution in [2.45, 2.75) is 29.7 Å². The number of nitrogens with zero attached hydrogens (tertiary/aromatic N) is 1. The van der Waals surface area contributed by atoms with Crippen molar-refractivity contribution in [3.05, 3.63) is 27.7 Å². The largest absolute Gasteiger partial charge is 0.446 e. The molecule has 1 aliphatic carbocycles. The summed E-state index contributed by atoms with van der Waals surface area (Å²) in [5.74, 6) is 0. The van der Waals surface area contributed by atoms with E-state index in [1.54, 1.807) is 13.2 Å². The molecule has 0 heterocycles. The molecule has 1 aromatic rings. The highest BCUT2D eigenvalue weighted by molar-refractivity contribution is 9.10. The molecule has 0 unspecified atom stereocenters. The smallest absolute Gasteiger partial charge is 0.385 e. The number of aliphatic imine (C=N–C) groups is 1. The van der Waals surface area contributed by atoms with Gasteiger partial charge in [-0.25, -0.2) is 0 Å². The summed E-state index contributed by atoms with van der Waals surface area (Å²) in [4.78, 5) is 4.71. The Hall–Kier alpha value is -0.530. The summed E-state index contributed by atoms with van der Waals surface area (Å²) in [7, 11) is 1.62. The first kappa shape index (κ1) is 16.8. The normalized spacial score (nSPS) is 16.5. The van der Waals surface area contributed by atoms with E-state index in [0.717, 1.165) is 28.6 Å². The van der Waals surface area contributed by atoms with Gasteiger partial charge in [0, 0.05) is 40.9 Å². The Morgan fingerprint density at radius 3 is 2.76 bits per heavy atom. The first-order valence-electron chi connectivity index (χ1n) is 6.52. The molecule has 1 aliphatic rings. The van der Waals surface area contributed by atoms with Gasteiger partial charge < -0.3 is 4.74 Å². The van der Waals surface area contributed by atoms with Crippen LogP contribution in [0, 0.1) is 0 Å². The number of hydrogen-bond donors (Lipinski definition) is 0. The molecule has 0 spiro atoms. The molecule has 2 rings (SSSR count). The van der Waals surface area contributed by atoms with Gasteiger partial charge in [-0.2, -0.15) is 13.2 Å². The van der Waals surface area contributed by atoms with Gasteiger partial charge in [-0.3, -0.25) is 4.99 Å². The fraction of sp³-hybridized carbons (Fsp3) is 0.500. The van der Waals surface area contributed by atoms with E-state index >= 15 is 0 Å². The van der Waals surface area contributed by atoms with Crippen LogP contribution in [0.25, 0.3) is 0 Å². The highest BCUT2D eigenvalue weighted by Crippen LogP contribution is 2.43. The average molecular weight is 382 g/mol. The van der Waals surface area contributed by atoms with Gasteiger partial charge in [0.1, 0.15) is 0 Å². The highest BCUT2D eigenvalue weighted by atomic mass is 79.9. The van der Waals surface area contributed by atoms with Crippen molar-refractivity contribution in [1.82, 2.24) is 0 Å². The summed E-state index contributed by atoms with van der Waals surface area (Å²) < 4.78 is 43.9. The number of alkyl halides is 3. The van der Waals surface area contributed by atoms with Crippen LogP contribution in [0.4, 0.5) is 13.2 Å². The van der Waals surface area contributed by atoms with Crippen molar-refractivity contribution in [2.75, 3.05) is 20.3 Å². The molecule has 0 aromatic heterocycles. The molecule has 116 valence electrons. The maximum absolute atomic E-state index is 12.7. The number of halogens is 4. The zero-order valence-electron chi connectivity index (χ0n) is 11.5. The lowest BCUT2D eigenvalue weighted by molar-refractivity contribution is -0.0328. The first-order chi connectivity index (χ1) is 9.92. The fourth-order valence-electron chi connectivity index (χ4n) is 2.32. The van der Waals surface area contributed by atoms with Crippen molar-refractivity contribution < 1.29 is 17.9 Å². The van der Waals surface area contributed by atoms with Gasteiger partial charge in [0.25, 0.3) is 0 Å². The van der Waals surface area contributed by atoms with E-state index < -0.39 is 5.51 Å². The second-order valence-corrected chi connectivity index (χ2v) is 6.58. The molecule has 0 amide bonds. The molecule has 21 heavy (non-hydrogen) atoms. The molecule has 0 aliphatic heterocycles. The summed E-state index contributed by atoms with van der Waals surface area (Å²) >= 11 is 3.35. The molecule has 0 radical (unpaired) electrons. The Morgan fingerprint density at radius 1 is 1.33 bits per heavy atom. The quantitative estimate of drug-likeness (QED) is 0.537. The Kier molecular flexibility index (Phi) is 5.73. The Morgan fingerprint density at radius 2 is 2.10 bits per heavy atom. The van der Waals surface area contributed by atoms with E-state index in [2.05, 4.69) is 20.9 Å². The summed E-state index contributed by atoms with van der Waals surface area (Å²) in [5, 5.41) is 0. The predicted molar refractivity (Wildman–Crippen MR) is 82.3 cm³/mol. The lowest BCUT2D eigenvalue weighted by Crippen LogP contribution is -2.05. The van der Waals surface area contributed by atoms with E-state index in [-0.39, 0.29) is 16.7 Å². The van der Waals surface area contributed by atoms with Crippen molar-refractivity contribution >= 4 is 33.4 Å². The van der Waals surface area contributed by atoms with Crippen LogP contribution < -0.4 is 0 Å². The van der Waals surface area contributed by atoms with Gasteiger partial charge >= 0.3 is 5.51 Å². The molecule has 1 aromatic carbocycles. The van der Waals surface area contributed by atoms with E-state index in [1.807, 2.05) is 0 Å². The van der Waals surface area contributed by atoms with Crippen LogP contribution in [0.15, 0.2) is 26.5 Å². The number of thioether (sulfide) groups is 1. The number of fused-ring (bicyclic) bond motifs is 1. The topological polar surface area (TPSA) is 21.6 Å².